The molecule has 0 aromatic heterocycles. The van der Waals surface area contributed by atoms with E-state index in [-0.39, 0.29) is 23.6 Å². The SMILES string of the molecule is CCOC(=O)C1=C(C)NC2=C(C(=O)CC(C)(C)C2)C1c1cc(Br)c(O)c(Br)c1. The smallest absolute Gasteiger partial charge is 0.336 e. The number of esters is 1. The number of benzene rings is 1. The number of phenols is 1. The maximum absolute atomic E-state index is 13.2. The molecule has 1 heterocycles. The summed E-state index contributed by atoms with van der Waals surface area (Å²) >= 11 is 6.72. The standard InChI is InChI=1S/C21H23Br2NO4/c1-5-28-20(27)16-10(2)24-14-8-21(3,4)9-15(25)18(14)17(16)11-6-12(22)19(26)13(23)7-11/h6-7,17,24,26H,5,8-9H2,1-4H3. The first-order valence-electron chi connectivity index (χ1n) is 9.14. The van der Waals surface area contributed by atoms with Gasteiger partial charge in [-0.3, -0.25) is 4.79 Å². The van der Waals surface area contributed by atoms with Crippen LogP contribution in [0.4, 0.5) is 0 Å². The molecule has 1 aliphatic carbocycles. The molecule has 0 saturated carbocycles. The van der Waals surface area contributed by atoms with Crippen LogP contribution in [0.2, 0.25) is 0 Å². The van der Waals surface area contributed by atoms with E-state index >= 15 is 0 Å². The van der Waals surface area contributed by atoms with Crippen LogP contribution in [0.25, 0.3) is 0 Å². The average molecular weight is 513 g/mol. The first-order chi connectivity index (χ1) is 13.1. The normalized spacial score (nSPS) is 21.4. The molecule has 1 aromatic carbocycles. The quantitative estimate of drug-likeness (QED) is 0.552. The van der Waals surface area contributed by atoms with Crippen molar-refractivity contribution in [1.82, 2.24) is 5.32 Å². The molecule has 2 aliphatic rings. The maximum atomic E-state index is 13.2. The largest absolute Gasteiger partial charge is 0.506 e. The molecule has 0 spiro atoms. The number of aromatic hydroxyl groups is 1. The van der Waals surface area contributed by atoms with Crippen LogP contribution in [-0.4, -0.2) is 23.5 Å². The number of rotatable bonds is 3. The number of hydrogen-bond acceptors (Lipinski definition) is 5. The second-order valence-electron chi connectivity index (χ2n) is 7.98. The number of carbonyl (C=O) groups is 2. The minimum absolute atomic E-state index is 0.0263. The molecule has 0 bridgehead atoms. The number of dihydropyridines is 1. The van der Waals surface area contributed by atoms with Crippen LogP contribution < -0.4 is 5.32 Å². The number of allylic oxidation sites excluding steroid dienone is 3. The number of ketones is 1. The van der Waals surface area contributed by atoms with Crippen molar-refractivity contribution in [2.45, 2.75) is 46.5 Å². The third kappa shape index (κ3) is 3.79. The van der Waals surface area contributed by atoms with E-state index in [1.165, 1.54) is 0 Å². The minimum Gasteiger partial charge on any atom is -0.506 e. The van der Waals surface area contributed by atoms with E-state index in [2.05, 4.69) is 51.0 Å². The van der Waals surface area contributed by atoms with Gasteiger partial charge in [-0.2, -0.15) is 0 Å². The first kappa shape index (κ1) is 21.1. The molecule has 150 valence electrons. The molecule has 0 radical (unpaired) electrons. The number of phenolic OH excluding ortho intramolecular Hbond substituents is 1. The molecule has 1 aliphatic heterocycles. The highest BCUT2D eigenvalue weighted by atomic mass is 79.9. The van der Waals surface area contributed by atoms with Crippen LogP contribution >= 0.6 is 31.9 Å². The Morgan fingerprint density at radius 2 is 1.89 bits per heavy atom. The number of Topliss-reactive ketones (excluding diaryl/α,β-unsaturated/α-hetero) is 1. The molecule has 1 unspecified atom stereocenters. The molecule has 5 nitrogen and oxygen atoms in total. The lowest BCUT2D eigenvalue weighted by Gasteiger charge is -2.39. The van der Waals surface area contributed by atoms with Crippen molar-refractivity contribution in [1.29, 1.82) is 0 Å². The highest BCUT2D eigenvalue weighted by molar-refractivity contribution is 9.11. The molecule has 0 fully saturated rings. The van der Waals surface area contributed by atoms with Gasteiger partial charge in [-0.05, 0) is 75.2 Å². The summed E-state index contributed by atoms with van der Waals surface area (Å²) in [4.78, 5) is 26.0. The van der Waals surface area contributed by atoms with Gasteiger partial charge < -0.3 is 15.2 Å². The molecule has 3 rings (SSSR count). The van der Waals surface area contributed by atoms with E-state index in [1.54, 1.807) is 19.1 Å². The lowest BCUT2D eigenvalue weighted by Crippen LogP contribution is -2.38. The minimum atomic E-state index is -0.549. The Labute approximate surface area is 181 Å². The van der Waals surface area contributed by atoms with E-state index < -0.39 is 11.9 Å². The fraction of sp³-hybridized carbons (Fsp3) is 0.429. The lowest BCUT2D eigenvalue weighted by atomic mass is 9.68. The topological polar surface area (TPSA) is 75.6 Å². The number of nitrogens with one attached hydrogen (secondary N) is 1. The Bertz CT molecular complexity index is 907. The Balaban J connectivity index is 2.24. The number of carbonyl (C=O) groups excluding carboxylic acids is 2. The van der Waals surface area contributed by atoms with Crippen molar-refractivity contribution in [2.24, 2.45) is 5.41 Å². The predicted octanol–water partition coefficient (Wildman–Crippen LogP) is 5.08. The fourth-order valence-corrected chi connectivity index (χ4v) is 5.22. The Kier molecular flexibility index (Phi) is 5.79. The lowest BCUT2D eigenvalue weighted by molar-refractivity contribution is -0.138. The predicted molar refractivity (Wildman–Crippen MR) is 114 cm³/mol. The summed E-state index contributed by atoms with van der Waals surface area (Å²) in [5.41, 5.74) is 3.17. The zero-order valence-corrected chi connectivity index (χ0v) is 19.5. The molecule has 7 heteroatoms. The third-order valence-corrected chi connectivity index (χ3v) is 6.32. The zero-order valence-electron chi connectivity index (χ0n) is 16.3. The van der Waals surface area contributed by atoms with Gasteiger partial charge in [0.15, 0.2) is 5.78 Å². The van der Waals surface area contributed by atoms with Gasteiger partial charge in [0.25, 0.3) is 0 Å². The van der Waals surface area contributed by atoms with Gasteiger partial charge in [-0.1, -0.05) is 13.8 Å². The van der Waals surface area contributed by atoms with E-state index in [0.717, 1.165) is 17.7 Å². The van der Waals surface area contributed by atoms with E-state index in [4.69, 9.17) is 4.74 Å². The molecule has 2 N–H and O–H groups in total. The summed E-state index contributed by atoms with van der Waals surface area (Å²) < 4.78 is 6.28. The van der Waals surface area contributed by atoms with Crippen molar-refractivity contribution < 1.29 is 19.4 Å². The molecular weight excluding hydrogens is 490 g/mol. The highest BCUT2D eigenvalue weighted by Gasteiger charge is 2.43. The van der Waals surface area contributed by atoms with Crippen LogP contribution in [0, 0.1) is 5.41 Å². The maximum Gasteiger partial charge on any atom is 0.336 e. The zero-order chi connectivity index (χ0) is 20.8. The van der Waals surface area contributed by atoms with Crippen molar-refractivity contribution in [3.63, 3.8) is 0 Å². The molecule has 1 atom stereocenters. The summed E-state index contributed by atoms with van der Waals surface area (Å²) in [5.74, 6) is -0.895. The van der Waals surface area contributed by atoms with E-state index in [1.807, 2.05) is 6.92 Å². The van der Waals surface area contributed by atoms with Crippen LogP contribution in [0.5, 0.6) is 5.75 Å². The number of ether oxygens (including phenoxy) is 1. The van der Waals surface area contributed by atoms with Gasteiger partial charge >= 0.3 is 5.97 Å². The van der Waals surface area contributed by atoms with Gasteiger partial charge in [0.1, 0.15) is 5.75 Å². The Morgan fingerprint density at radius 3 is 2.46 bits per heavy atom. The van der Waals surface area contributed by atoms with Gasteiger partial charge in [0.05, 0.1) is 21.1 Å². The van der Waals surface area contributed by atoms with Crippen molar-refractivity contribution in [3.8, 4) is 5.75 Å². The summed E-state index contributed by atoms with van der Waals surface area (Å²) in [6.45, 7) is 7.97. The molecular formula is C21H23Br2NO4. The van der Waals surface area contributed by atoms with Gasteiger partial charge in [-0.25, -0.2) is 4.79 Å². The van der Waals surface area contributed by atoms with Crippen molar-refractivity contribution >= 4 is 43.6 Å². The first-order valence-corrected chi connectivity index (χ1v) is 10.7. The van der Waals surface area contributed by atoms with Crippen LogP contribution in [0.15, 0.2) is 43.6 Å². The molecule has 28 heavy (non-hydrogen) atoms. The highest BCUT2D eigenvalue weighted by Crippen LogP contribution is 2.48. The second-order valence-corrected chi connectivity index (χ2v) is 9.69. The van der Waals surface area contributed by atoms with Crippen LogP contribution in [0.3, 0.4) is 0 Å². The van der Waals surface area contributed by atoms with E-state index in [9.17, 15) is 14.7 Å². The summed E-state index contributed by atoms with van der Waals surface area (Å²) in [6, 6.07) is 3.50. The van der Waals surface area contributed by atoms with Crippen LogP contribution in [0.1, 0.15) is 52.0 Å². The monoisotopic (exact) mass is 511 g/mol. The summed E-state index contributed by atoms with van der Waals surface area (Å²) in [5, 5.41) is 13.4. The molecule has 0 saturated heterocycles. The number of hydrogen-bond donors (Lipinski definition) is 2. The van der Waals surface area contributed by atoms with Gasteiger partial charge in [0.2, 0.25) is 0 Å². The van der Waals surface area contributed by atoms with Gasteiger partial charge in [0, 0.05) is 29.3 Å². The second kappa shape index (κ2) is 7.67. The van der Waals surface area contributed by atoms with E-state index in [0.29, 0.717) is 32.2 Å². The van der Waals surface area contributed by atoms with Crippen molar-refractivity contribution in [3.05, 3.63) is 49.2 Å². The average Bonchev–Trinajstić information content (AvgIpc) is 2.56. The summed E-state index contributed by atoms with van der Waals surface area (Å²) in [6.07, 6.45) is 1.14. The molecule has 1 aromatic rings. The Hall–Kier alpha value is -1.60. The Morgan fingerprint density at radius 1 is 1.29 bits per heavy atom. The van der Waals surface area contributed by atoms with Crippen LogP contribution in [-0.2, 0) is 14.3 Å². The summed E-state index contributed by atoms with van der Waals surface area (Å²) in [7, 11) is 0. The van der Waals surface area contributed by atoms with Gasteiger partial charge in [-0.15, -0.1) is 0 Å². The number of halogens is 2. The van der Waals surface area contributed by atoms with Crippen molar-refractivity contribution in [2.75, 3.05) is 6.61 Å². The molecule has 0 amide bonds. The third-order valence-electron chi connectivity index (χ3n) is 5.11. The fourth-order valence-electron chi connectivity index (χ4n) is 4.00.